The second-order valence-corrected chi connectivity index (χ2v) is 6.75. The molecule has 1 aliphatic rings. The first-order valence-corrected chi connectivity index (χ1v) is 9.24. The fourth-order valence-electron chi connectivity index (χ4n) is 3.10. The molecule has 1 N–H and O–H groups in total. The number of hydrogen-bond acceptors (Lipinski definition) is 3. The number of benzene rings is 2. The first-order chi connectivity index (χ1) is 12.2. The Morgan fingerprint density at radius 1 is 1.04 bits per heavy atom. The van der Waals surface area contributed by atoms with Gasteiger partial charge in [-0.3, -0.25) is 5.01 Å². The van der Waals surface area contributed by atoms with E-state index in [-0.39, 0.29) is 0 Å². The fourth-order valence-corrected chi connectivity index (χ4v) is 3.10. The van der Waals surface area contributed by atoms with Gasteiger partial charge < -0.3 is 9.80 Å². The Kier molecular flexibility index (Phi) is 6.07. The van der Waals surface area contributed by atoms with Gasteiger partial charge in [-0.1, -0.05) is 42.5 Å². The first kappa shape index (κ1) is 17.5. The number of nitrogens with zero attached hydrogens (tertiary/aromatic N) is 3. The molecular formula is C21H29N4+. The van der Waals surface area contributed by atoms with Crippen molar-refractivity contribution >= 4 is 11.9 Å². The first-order valence-electron chi connectivity index (χ1n) is 9.24. The molecule has 4 nitrogen and oxygen atoms in total. The summed E-state index contributed by atoms with van der Waals surface area (Å²) in [5, 5.41) is 6.81. The van der Waals surface area contributed by atoms with Crippen molar-refractivity contribution in [2.75, 3.05) is 44.7 Å². The molecule has 25 heavy (non-hydrogen) atoms. The summed E-state index contributed by atoms with van der Waals surface area (Å²) >= 11 is 0. The van der Waals surface area contributed by atoms with Crippen molar-refractivity contribution in [1.29, 1.82) is 0 Å². The predicted molar refractivity (Wildman–Crippen MR) is 105 cm³/mol. The zero-order valence-electron chi connectivity index (χ0n) is 15.4. The molecule has 2 aromatic carbocycles. The van der Waals surface area contributed by atoms with E-state index in [1.807, 2.05) is 6.21 Å². The second kappa shape index (κ2) is 8.67. The summed E-state index contributed by atoms with van der Waals surface area (Å²) in [4.78, 5) is 3.98. The Labute approximate surface area is 151 Å². The molecule has 0 spiro atoms. The van der Waals surface area contributed by atoms with Crippen LogP contribution in [0.25, 0.3) is 0 Å². The topological polar surface area (TPSA) is 23.3 Å². The van der Waals surface area contributed by atoms with Gasteiger partial charge in [-0.25, -0.2) is 0 Å². The van der Waals surface area contributed by atoms with E-state index in [0.717, 1.165) is 31.7 Å². The van der Waals surface area contributed by atoms with E-state index < -0.39 is 0 Å². The minimum absolute atomic E-state index is 0.939. The maximum Gasteiger partial charge on any atom is 0.0964 e. The van der Waals surface area contributed by atoms with Gasteiger partial charge in [0.1, 0.15) is 0 Å². The van der Waals surface area contributed by atoms with Crippen LogP contribution in [0.4, 0.5) is 5.69 Å². The smallest absolute Gasteiger partial charge is 0.0964 e. The lowest BCUT2D eigenvalue weighted by Gasteiger charge is -2.27. The molecule has 0 aromatic heterocycles. The average molecular weight is 337 g/mol. The molecule has 0 saturated carbocycles. The molecule has 0 bridgehead atoms. The minimum atomic E-state index is 0.939. The number of rotatable bonds is 6. The SMILES string of the molecule is CCN(Cc1ccccc1)c1ccc(C=NN2CC[NH+](C)CC2)cc1. The van der Waals surface area contributed by atoms with Crippen LogP contribution in [0.5, 0.6) is 0 Å². The van der Waals surface area contributed by atoms with Crippen molar-refractivity contribution in [3.63, 3.8) is 0 Å². The van der Waals surface area contributed by atoms with E-state index >= 15 is 0 Å². The Morgan fingerprint density at radius 2 is 1.72 bits per heavy atom. The van der Waals surface area contributed by atoms with E-state index in [0.29, 0.717) is 0 Å². The second-order valence-electron chi connectivity index (χ2n) is 6.75. The summed E-state index contributed by atoms with van der Waals surface area (Å²) < 4.78 is 0. The van der Waals surface area contributed by atoms with E-state index in [4.69, 9.17) is 0 Å². The molecule has 132 valence electrons. The van der Waals surface area contributed by atoms with Crippen molar-refractivity contribution in [3.05, 3.63) is 65.7 Å². The van der Waals surface area contributed by atoms with E-state index in [2.05, 4.69) is 83.6 Å². The molecule has 2 aromatic rings. The number of quaternary nitrogens is 1. The Balaban J connectivity index is 1.60. The van der Waals surface area contributed by atoms with E-state index in [1.165, 1.54) is 24.3 Å². The van der Waals surface area contributed by atoms with E-state index in [1.54, 1.807) is 4.90 Å². The van der Waals surface area contributed by atoms with Gasteiger partial charge in [-0.15, -0.1) is 0 Å². The molecule has 0 aliphatic carbocycles. The van der Waals surface area contributed by atoms with Crippen LogP contribution in [0.3, 0.4) is 0 Å². The number of hydrazone groups is 1. The highest BCUT2D eigenvalue weighted by Gasteiger charge is 2.13. The molecule has 0 unspecified atom stereocenters. The van der Waals surface area contributed by atoms with Crippen molar-refractivity contribution in [2.45, 2.75) is 13.5 Å². The quantitative estimate of drug-likeness (QED) is 0.814. The van der Waals surface area contributed by atoms with Crippen LogP contribution in [0.15, 0.2) is 59.7 Å². The standard InChI is InChI=1S/C21H28N4/c1-3-24(18-20-7-5-4-6-8-20)21-11-9-19(10-12-21)17-22-25-15-13-23(2)14-16-25/h4-12,17H,3,13-16,18H2,1-2H3/p+1. The van der Waals surface area contributed by atoms with Gasteiger partial charge >= 0.3 is 0 Å². The van der Waals surface area contributed by atoms with Gasteiger partial charge in [0.25, 0.3) is 0 Å². The number of hydrogen-bond donors (Lipinski definition) is 1. The summed E-state index contributed by atoms with van der Waals surface area (Å²) in [6, 6.07) is 19.3. The van der Waals surface area contributed by atoms with Crippen LogP contribution < -0.4 is 9.80 Å². The zero-order chi connectivity index (χ0) is 17.5. The van der Waals surface area contributed by atoms with Gasteiger partial charge in [0, 0.05) is 18.8 Å². The molecule has 3 rings (SSSR count). The van der Waals surface area contributed by atoms with Crippen LogP contribution >= 0.6 is 0 Å². The van der Waals surface area contributed by atoms with Gasteiger partial charge in [-0.05, 0) is 30.2 Å². The third-order valence-corrected chi connectivity index (χ3v) is 4.82. The summed E-state index contributed by atoms with van der Waals surface area (Å²) in [7, 11) is 2.24. The highest BCUT2D eigenvalue weighted by atomic mass is 15.5. The van der Waals surface area contributed by atoms with Crippen LogP contribution in [0.2, 0.25) is 0 Å². The molecule has 1 aliphatic heterocycles. The third kappa shape index (κ3) is 5.07. The van der Waals surface area contributed by atoms with Crippen LogP contribution in [-0.4, -0.2) is 51.0 Å². The zero-order valence-corrected chi connectivity index (χ0v) is 15.4. The van der Waals surface area contributed by atoms with Gasteiger partial charge in [0.2, 0.25) is 0 Å². The number of piperazine rings is 1. The van der Waals surface area contributed by atoms with Crippen molar-refractivity contribution in [2.24, 2.45) is 5.10 Å². The number of nitrogens with one attached hydrogen (secondary N) is 1. The maximum absolute atomic E-state index is 4.63. The Morgan fingerprint density at radius 3 is 2.36 bits per heavy atom. The Hall–Kier alpha value is -2.33. The summed E-state index contributed by atoms with van der Waals surface area (Å²) in [5.41, 5.74) is 3.75. The monoisotopic (exact) mass is 337 g/mol. The summed E-state index contributed by atoms with van der Waals surface area (Å²) in [6.45, 7) is 8.55. The largest absolute Gasteiger partial charge is 0.367 e. The molecule has 4 heteroatoms. The van der Waals surface area contributed by atoms with Gasteiger partial charge in [0.15, 0.2) is 0 Å². The van der Waals surface area contributed by atoms with Crippen LogP contribution in [0, 0.1) is 0 Å². The lowest BCUT2D eigenvalue weighted by Crippen LogP contribution is -3.11. The normalized spacial score (nSPS) is 15.7. The van der Waals surface area contributed by atoms with Gasteiger partial charge in [0.05, 0.1) is 39.4 Å². The lowest BCUT2D eigenvalue weighted by molar-refractivity contribution is -0.884. The molecular weight excluding hydrogens is 308 g/mol. The van der Waals surface area contributed by atoms with E-state index in [9.17, 15) is 0 Å². The average Bonchev–Trinajstić information content (AvgIpc) is 2.67. The van der Waals surface area contributed by atoms with Crippen molar-refractivity contribution in [1.82, 2.24) is 5.01 Å². The fraction of sp³-hybridized carbons (Fsp3) is 0.381. The summed E-state index contributed by atoms with van der Waals surface area (Å²) in [6.07, 6.45) is 1.98. The molecule has 0 radical (unpaired) electrons. The van der Waals surface area contributed by atoms with Gasteiger partial charge in [-0.2, -0.15) is 5.10 Å². The highest BCUT2D eigenvalue weighted by molar-refractivity contribution is 5.80. The van der Waals surface area contributed by atoms with Crippen molar-refractivity contribution in [3.8, 4) is 0 Å². The van der Waals surface area contributed by atoms with Crippen LogP contribution in [0.1, 0.15) is 18.1 Å². The molecule has 1 fully saturated rings. The molecule has 1 saturated heterocycles. The highest BCUT2D eigenvalue weighted by Crippen LogP contribution is 2.17. The predicted octanol–water partition coefficient (Wildman–Crippen LogP) is 1.88. The lowest BCUT2D eigenvalue weighted by atomic mass is 10.1. The van der Waals surface area contributed by atoms with Crippen molar-refractivity contribution < 1.29 is 4.90 Å². The molecule has 1 heterocycles. The minimum Gasteiger partial charge on any atom is -0.367 e. The third-order valence-electron chi connectivity index (χ3n) is 4.82. The maximum atomic E-state index is 4.63. The Bertz CT molecular complexity index is 658. The summed E-state index contributed by atoms with van der Waals surface area (Å²) in [5.74, 6) is 0. The molecule has 0 amide bonds. The van der Waals surface area contributed by atoms with Crippen LogP contribution in [-0.2, 0) is 6.54 Å². The number of anilines is 1. The molecule has 0 atom stereocenters. The number of likely N-dealkylation sites (N-methyl/N-ethyl adjacent to an activating group) is 1.